The fourth-order valence-corrected chi connectivity index (χ4v) is 16.4. The van der Waals surface area contributed by atoms with Gasteiger partial charge in [0.05, 0.1) is 0 Å². The van der Waals surface area contributed by atoms with E-state index < -0.39 is 141 Å². The number of rotatable bonds is 16. The Morgan fingerprint density at radius 2 is 0.488 bits per heavy atom. The molecule has 0 spiro atoms. The smallest absolute Gasteiger partial charge is 0.389 e. The molecule has 248 valence electrons. The van der Waals surface area contributed by atoms with Gasteiger partial charge in [0.2, 0.25) is 0 Å². The summed E-state index contributed by atoms with van der Waals surface area (Å²) in [4.78, 5) is 0. The van der Waals surface area contributed by atoms with Crippen LogP contribution in [0.15, 0.2) is 0 Å². The molecule has 0 aromatic heterocycles. The van der Waals surface area contributed by atoms with E-state index in [2.05, 4.69) is 0 Å². The lowest BCUT2D eigenvalue weighted by atomic mass is 10.3. The van der Waals surface area contributed by atoms with E-state index in [4.69, 9.17) is 4.12 Å². The van der Waals surface area contributed by atoms with Crippen molar-refractivity contribution in [1.29, 1.82) is 0 Å². The molecule has 1 nitrogen and oxygen atoms in total. The van der Waals surface area contributed by atoms with Crippen LogP contribution in [0.1, 0.15) is 51.4 Å². The molecule has 0 aliphatic carbocycles. The molecule has 0 aliphatic rings. The van der Waals surface area contributed by atoms with Crippen LogP contribution >= 0.6 is 0 Å². The van der Waals surface area contributed by atoms with Gasteiger partial charge in [-0.15, -0.1) is 0 Å². The minimum Gasteiger partial charge on any atom is -0.455 e. The van der Waals surface area contributed by atoms with E-state index in [0.717, 1.165) is 0 Å². The molecule has 0 aliphatic heterocycles. The molecule has 0 aromatic carbocycles. The van der Waals surface area contributed by atoms with E-state index in [-0.39, 0.29) is 0 Å². The molecular formula is C20H28F18OSi2. The van der Waals surface area contributed by atoms with Gasteiger partial charge in [0.15, 0.2) is 16.6 Å². The van der Waals surface area contributed by atoms with Crippen molar-refractivity contribution in [3.63, 3.8) is 0 Å². The second-order valence-corrected chi connectivity index (χ2v) is 18.4. The molecule has 0 heterocycles. The molecule has 0 radical (unpaired) electrons. The van der Waals surface area contributed by atoms with Crippen molar-refractivity contribution < 1.29 is 83.1 Å². The van der Waals surface area contributed by atoms with E-state index >= 15 is 0 Å². The molecule has 0 aromatic rings. The first-order valence-electron chi connectivity index (χ1n) is 12.1. The standard InChI is InChI=1S/C20H28F18OSi2/c21-15(22,23)3-1-9-40(11-5-17(27,28)29,12-6-18(30,31)32)39-41(13-7-19(33,34)35,14-8-20(36,37)38)10-2-4-16(24,25)26/h1-14H2. The van der Waals surface area contributed by atoms with Crippen LogP contribution in [0.3, 0.4) is 0 Å². The quantitative estimate of drug-likeness (QED) is 0.116. The molecule has 0 N–H and O–H groups in total. The molecule has 0 saturated heterocycles. The second kappa shape index (κ2) is 14.7. The first-order valence-corrected chi connectivity index (χ1v) is 17.1. The van der Waals surface area contributed by atoms with Gasteiger partial charge in [-0.3, -0.25) is 0 Å². The molecule has 0 saturated carbocycles. The second-order valence-electron chi connectivity index (χ2n) is 9.87. The summed E-state index contributed by atoms with van der Waals surface area (Å²) in [6.45, 7) is 0. The summed E-state index contributed by atoms with van der Waals surface area (Å²) in [6.07, 6.45) is -44.2. The van der Waals surface area contributed by atoms with Crippen LogP contribution in [0, 0.1) is 0 Å². The van der Waals surface area contributed by atoms with Crippen molar-refractivity contribution in [2.75, 3.05) is 0 Å². The van der Waals surface area contributed by atoms with Crippen LogP contribution in [-0.4, -0.2) is 53.7 Å². The van der Waals surface area contributed by atoms with E-state index in [1.165, 1.54) is 0 Å². The Balaban J connectivity index is 6.87. The Labute approximate surface area is 225 Å². The Bertz CT molecular complexity index is 650. The third-order valence-corrected chi connectivity index (χ3v) is 16.7. The Hall–Kier alpha value is -0.866. The first-order chi connectivity index (χ1) is 17.9. The van der Waals surface area contributed by atoms with E-state index in [0.29, 0.717) is 0 Å². The average Bonchev–Trinajstić information content (AvgIpc) is 2.69. The van der Waals surface area contributed by atoms with Gasteiger partial charge in [0.25, 0.3) is 0 Å². The molecular weight excluding hydrogens is 654 g/mol. The molecule has 41 heavy (non-hydrogen) atoms. The molecule has 0 fully saturated rings. The summed E-state index contributed by atoms with van der Waals surface area (Å²) in [5.41, 5.74) is 0. The fraction of sp³-hybridized carbons (Fsp3) is 1.00. The van der Waals surface area contributed by atoms with Crippen LogP contribution in [0.25, 0.3) is 0 Å². The summed E-state index contributed by atoms with van der Waals surface area (Å²) >= 11 is 0. The molecule has 0 unspecified atom stereocenters. The monoisotopic (exact) mass is 682 g/mol. The van der Waals surface area contributed by atoms with Crippen LogP contribution in [0.2, 0.25) is 36.3 Å². The zero-order valence-electron chi connectivity index (χ0n) is 21.1. The minimum absolute atomic E-state index is 1.13. The maximum atomic E-state index is 13.1. The van der Waals surface area contributed by atoms with Crippen LogP contribution in [0.4, 0.5) is 79.0 Å². The lowest BCUT2D eigenvalue weighted by Gasteiger charge is -2.44. The lowest BCUT2D eigenvalue weighted by Crippen LogP contribution is -2.53. The summed E-state index contributed by atoms with van der Waals surface area (Å²) in [6, 6.07) is -7.95. The highest BCUT2D eigenvalue weighted by Crippen LogP contribution is 2.45. The van der Waals surface area contributed by atoms with Crippen molar-refractivity contribution in [3.8, 4) is 0 Å². The normalized spacial score (nSPS) is 15.1. The number of hydrogen-bond donors (Lipinski definition) is 0. The van der Waals surface area contributed by atoms with Crippen LogP contribution in [0.5, 0.6) is 0 Å². The van der Waals surface area contributed by atoms with Crippen molar-refractivity contribution in [3.05, 3.63) is 0 Å². The highest BCUT2D eigenvalue weighted by atomic mass is 28.4. The van der Waals surface area contributed by atoms with Crippen LogP contribution < -0.4 is 0 Å². The van der Waals surface area contributed by atoms with E-state index in [9.17, 15) is 79.0 Å². The number of hydrogen-bond acceptors (Lipinski definition) is 1. The zero-order valence-corrected chi connectivity index (χ0v) is 23.1. The van der Waals surface area contributed by atoms with Gasteiger partial charge >= 0.3 is 37.1 Å². The zero-order chi connectivity index (χ0) is 32.6. The maximum Gasteiger partial charge on any atom is 0.389 e. The third-order valence-electron chi connectivity index (χ3n) is 6.07. The summed E-state index contributed by atoms with van der Waals surface area (Å²) < 4.78 is 239. The largest absolute Gasteiger partial charge is 0.455 e. The van der Waals surface area contributed by atoms with Crippen LogP contribution in [-0.2, 0) is 4.12 Å². The Morgan fingerprint density at radius 1 is 0.293 bits per heavy atom. The number of halogens is 18. The van der Waals surface area contributed by atoms with Crippen molar-refractivity contribution >= 4 is 16.6 Å². The number of alkyl halides is 18. The van der Waals surface area contributed by atoms with Gasteiger partial charge in [0.1, 0.15) is 0 Å². The highest BCUT2D eigenvalue weighted by molar-refractivity contribution is 6.87. The van der Waals surface area contributed by atoms with Gasteiger partial charge in [-0.2, -0.15) is 79.0 Å². The maximum absolute atomic E-state index is 13.1. The van der Waals surface area contributed by atoms with E-state index in [1.807, 2.05) is 0 Å². The predicted molar refractivity (Wildman–Crippen MR) is 115 cm³/mol. The molecule has 21 heteroatoms. The van der Waals surface area contributed by atoms with Gasteiger partial charge in [-0.1, -0.05) is 0 Å². The molecule has 0 bridgehead atoms. The Kier molecular flexibility index (Phi) is 14.4. The topological polar surface area (TPSA) is 9.23 Å². The summed E-state index contributed by atoms with van der Waals surface area (Å²) in [5.74, 6) is 0. The van der Waals surface area contributed by atoms with Crippen molar-refractivity contribution in [2.24, 2.45) is 0 Å². The van der Waals surface area contributed by atoms with Gasteiger partial charge in [-0.25, -0.2) is 0 Å². The van der Waals surface area contributed by atoms with Gasteiger partial charge < -0.3 is 4.12 Å². The predicted octanol–water partition coefficient (Wildman–Crippen LogP) is 11.4. The Morgan fingerprint density at radius 3 is 0.659 bits per heavy atom. The summed E-state index contributed by atoms with van der Waals surface area (Å²) in [5, 5.41) is 0. The first kappa shape index (κ1) is 40.1. The van der Waals surface area contributed by atoms with Gasteiger partial charge in [-0.05, 0) is 49.1 Å². The minimum atomic E-state index is -5.15. The average molecular weight is 683 g/mol. The summed E-state index contributed by atoms with van der Waals surface area (Å²) in [7, 11) is -9.87. The molecule has 0 atom stereocenters. The highest BCUT2D eigenvalue weighted by Gasteiger charge is 2.51. The SMILES string of the molecule is FC(F)(F)CCC[Si](CCC(F)(F)F)(CCC(F)(F)F)O[Si](CCCC(F)(F)F)(CCC(F)(F)F)CCC(F)(F)F. The molecule has 0 rings (SSSR count). The van der Waals surface area contributed by atoms with Gasteiger partial charge in [0, 0.05) is 38.5 Å². The third kappa shape index (κ3) is 22.4. The van der Waals surface area contributed by atoms with Crippen molar-refractivity contribution in [1.82, 2.24) is 0 Å². The molecule has 0 amide bonds. The lowest BCUT2D eigenvalue weighted by molar-refractivity contribution is -0.137. The van der Waals surface area contributed by atoms with Crippen molar-refractivity contribution in [2.45, 2.75) is 125 Å². The fourth-order valence-electron chi connectivity index (χ4n) is 4.22. The van der Waals surface area contributed by atoms with E-state index in [1.54, 1.807) is 0 Å².